The fourth-order valence-corrected chi connectivity index (χ4v) is 3.10. The summed E-state index contributed by atoms with van der Waals surface area (Å²) in [5.41, 5.74) is 3.00. The highest BCUT2D eigenvalue weighted by Crippen LogP contribution is 2.22. The van der Waals surface area contributed by atoms with E-state index in [4.69, 9.17) is 4.74 Å². The molecule has 1 N–H and O–H groups in total. The molecule has 0 atom stereocenters. The van der Waals surface area contributed by atoms with Gasteiger partial charge in [-0.15, -0.1) is 10.2 Å². The second-order valence-corrected chi connectivity index (χ2v) is 7.98. The van der Waals surface area contributed by atoms with E-state index in [9.17, 15) is 4.79 Å². The van der Waals surface area contributed by atoms with Gasteiger partial charge in [-0.3, -0.25) is 4.79 Å². The van der Waals surface area contributed by atoms with Crippen LogP contribution >= 0.6 is 0 Å². The van der Waals surface area contributed by atoms with Crippen molar-refractivity contribution < 1.29 is 9.53 Å². The van der Waals surface area contributed by atoms with Crippen molar-refractivity contribution >= 4 is 28.3 Å². The van der Waals surface area contributed by atoms with Crippen molar-refractivity contribution in [2.75, 3.05) is 24.3 Å². The molecular formula is C24H25N5O2. The molecule has 31 heavy (non-hydrogen) atoms. The van der Waals surface area contributed by atoms with Crippen molar-refractivity contribution in [1.82, 2.24) is 15.0 Å². The number of benzene rings is 3. The predicted octanol–water partition coefficient (Wildman–Crippen LogP) is 4.28. The normalized spacial score (nSPS) is 11.4. The van der Waals surface area contributed by atoms with E-state index in [2.05, 4.69) is 15.5 Å². The summed E-state index contributed by atoms with van der Waals surface area (Å²) in [4.78, 5) is 16.4. The van der Waals surface area contributed by atoms with Gasteiger partial charge in [0.1, 0.15) is 16.8 Å². The topological polar surface area (TPSA) is 72.3 Å². The highest BCUT2D eigenvalue weighted by Gasteiger charge is 2.30. The molecule has 1 heterocycles. The van der Waals surface area contributed by atoms with E-state index in [-0.39, 0.29) is 5.91 Å². The lowest BCUT2D eigenvalue weighted by atomic mass is 10.1. The summed E-state index contributed by atoms with van der Waals surface area (Å²) in [6, 6.07) is 22.7. The third-order valence-corrected chi connectivity index (χ3v) is 4.90. The van der Waals surface area contributed by atoms with Crippen LogP contribution in [0.2, 0.25) is 0 Å². The van der Waals surface area contributed by atoms with Crippen molar-refractivity contribution in [2.24, 2.45) is 0 Å². The minimum absolute atomic E-state index is 0.248. The van der Waals surface area contributed by atoms with Crippen LogP contribution in [0.5, 0.6) is 5.75 Å². The minimum atomic E-state index is -1.04. The number of hydrogen-bond acceptors (Lipinski definition) is 5. The summed E-state index contributed by atoms with van der Waals surface area (Å²) in [7, 11) is 3.99. The number of carbonyl (C=O) groups is 1. The number of carbonyl (C=O) groups excluding carboxylic acids is 1. The molecule has 0 saturated carbocycles. The number of aromatic nitrogens is 3. The van der Waals surface area contributed by atoms with Crippen LogP contribution in [-0.4, -0.2) is 40.6 Å². The van der Waals surface area contributed by atoms with E-state index in [1.165, 1.54) is 0 Å². The van der Waals surface area contributed by atoms with E-state index in [1.54, 1.807) is 18.6 Å². The molecule has 7 heteroatoms. The number of hydrogen-bond donors (Lipinski definition) is 1. The number of nitrogens with zero attached hydrogens (tertiary/aromatic N) is 4. The second-order valence-electron chi connectivity index (χ2n) is 7.98. The molecule has 1 aromatic heterocycles. The number of fused-ring (bicyclic) bond motifs is 1. The molecule has 0 unspecified atom stereocenters. The predicted molar refractivity (Wildman–Crippen MR) is 123 cm³/mol. The first-order chi connectivity index (χ1) is 14.8. The number of anilines is 2. The van der Waals surface area contributed by atoms with Gasteiger partial charge in [0.05, 0.1) is 5.69 Å². The maximum Gasteiger partial charge on any atom is 0.267 e. The summed E-state index contributed by atoms with van der Waals surface area (Å²) in [6.07, 6.45) is 0. The Morgan fingerprint density at radius 3 is 2.29 bits per heavy atom. The average molecular weight is 415 g/mol. The van der Waals surface area contributed by atoms with Crippen LogP contribution < -0.4 is 15.0 Å². The fraction of sp³-hybridized carbons (Fsp3) is 0.208. The molecule has 0 spiro atoms. The number of para-hydroxylation sites is 1. The van der Waals surface area contributed by atoms with Gasteiger partial charge in [0.15, 0.2) is 5.60 Å². The van der Waals surface area contributed by atoms with E-state index < -0.39 is 5.60 Å². The quantitative estimate of drug-likeness (QED) is 0.509. The van der Waals surface area contributed by atoms with Gasteiger partial charge in [-0.2, -0.15) is 4.80 Å². The lowest BCUT2D eigenvalue weighted by Crippen LogP contribution is -2.42. The SMILES string of the molecule is CN(C)c1ccc(-n2nc3ccc(NC(=O)C(C)(C)Oc4ccccc4)cc3n2)cc1. The lowest BCUT2D eigenvalue weighted by Gasteiger charge is -2.25. The second kappa shape index (κ2) is 8.10. The van der Waals surface area contributed by atoms with Crippen molar-refractivity contribution in [3.63, 3.8) is 0 Å². The summed E-state index contributed by atoms with van der Waals surface area (Å²) < 4.78 is 5.86. The van der Waals surface area contributed by atoms with Crippen LogP contribution in [0.1, 0.15) is 13.8 Å². The minimum Gasteiger partial charge on any atom is -0.478 e. The zero-order valence-electron chi connectivity index (χ0n) is 18.0. The van der Waals surface area contributed by atoms with Crippen molar-refractivity contribution in [3.8, 4) is 11.4 Å². The van der Waals surface area contributed by atoms with E-state index in [0.29, 0.717) is 17.0 Å². The number of ether oxygens (including phenoxy) is 1. The van der Waals surface area contributed by atoms with Crippen molar-refractivity contribution in [1.29, 1.82) is 0 Å². The fourth-order valence-electron chi connectivity index (χ4n) is 3.10. The average Bonchev–Trinajstić information content (AvgIpc) is 3.17. The molecule has 0 aliphatic heterocycles. The standard InChI is InChI=1S/C24H25N5O2/c1-24(2,31-20-8-6-5-7-9-20)23(30)25-17-10-15-21-22(16-17)27-29(26-21)19-13-11-18(12-14-19)28(3)4/h5-16H,1-4H3,(H,25,30). The van der Waals surface area contributed by atoms with Crippen LogP contribution in [0.3, 0.4) is 0 Å². The van der Waals surface area contributed by atoms with Gasteiger partial charge in [-0.25, -0.2) is 0 Å². The number of amides is 1. The maximum absolute atomic E-state index is 12.8. The lowest BCUT2D eigenvalue weighted by molar-refractivity contribution is -0.128. The van der Waals surface area contributed by atoms with Gasteiger partial charge >= 0.3 is 0 Å². The number of rotatable bonds is 6. The van der Waals surface area contributed by atoms with Gasteiger partial charge < -0.3 is 15.0 Å². The van der Waals surface area contributed by atoms with Gasteiger partial charge in [0, 0.05) is 25.5 Å². The van der Waals surface area contributed by atoms with Gasteiger partial charge in [-0.1, -0.05) is 18.2 Å². The smallest absolute Gasteiger partial charge is 0.267 e. The van der Waals surface area contributed by atoms with Crippen molar-refractivity contribution in [3.05, 3.63) is 72.8 Å². The molecule has 0 aliphatic rings. The monoisotopic (exact) mass is 415 g/mol. The summed E-state index contributed by atoms with van der Waals surface area (Å²) in [5.74, 6) is 0.392. The molecule has 0 bridgehead atoms. The maximum atomic E-state index is 12.8. The highest BCUT2D eigenvalue weighted by molar-refractivity contribution is 5.98. The zero-order chi connectivity index (χ0) is 22.0. The number of nitrogens with one attached hydrogen (secondary N) is 1. The molecule has 1 amide bonds. The molecule has 0 aliphatic carbocycles. The van der Waals surface area contributed by atoms with Crippen LogP contribution in [0.25, 0.3) is 16.7 Å². The van der Waals surface area contributed by atoms with Gasteiger partial charge in [0.2, 0.25) is 0 Å². The van der Waals surface area contributed by atoms with E-state index in [0.717, 1.165) is 16.9 Å². The molecule has 0 fully saturated rings. The molecule has 0 radical (unpaired) electrons. The molecular weight excluding hydrogens is 390 g/mol. The Hall–Kier alpha value is -3.87. The largest absolute Gasteiger partial charge is 0.478 e. The van der Waals surface area contributed by atoms with Crippen molar-refractivity contribution in [2.45, 2.75) is 19.4 Å². The van der Waals surface area contributed by atoms with Crippen LogP contribution in [0, 0.1) is 0 Å². The Morgan fingerprint density at radius 2 is 1.61 bits per heavy atom. The van der Waals surface area contributed by atoms with Crippen LogP contribution in [0.4, 0.5) is 11.4 Å². The Balaban J connectivity index is 1.52. The molecule has 3 aromatic carbocycles. The Bertz CT molecular complexity index is 1200. The zero-order valence-corrected chi connectivity index (χ0v) is 18.0. The third-order valence-electron chi connectivity index (χ3n) is 4.90. The van der Waals surface area contributed by atoms with Crippen LogP contribution in [-0.2, 0) is 4.79 Å². The highest BCUT2D eigenvalue weighted by atomic mass is 16.5. The third kappa shape index (κ3) is 4.50. The molecule has 4 aromatic rings. The van der Waals surface area contributed by atoms with Gasteiger partial charge in [-0.05, 0) is 68.4 Å². The van der Waals surface area contributed by atoms with Gasteiger partial charge in [0.25, 0.3) is 5.91 Å². The summed E-state index contributed by atoms with van der Waals surface area (Å²) >= 11 is 0. The Kier molecular flexibility index (Phi) is 5.33. The van der Waals surface area contributed by atoms with E-state index >= 15 is 0 Å². The Morgan fingerprint density at radius 1 is 0.935 bits per heavy atom. The van der Waals surface area contributed by atoms with E-state index in [1.807, 2.05) is 91.8 Å². The molecule has 158 valence electrons. The first kappa shape index (κ1) is 20.4. The first-order valence-corrected chi connectivity index (χ1v) is 10.0. The molecule has 7 nitrogen and oxygen atoms in total. The Labute approximate surface area is 181 Å². The first-order valence-electron chi connectivity index (χ1n) is 10.0. The van der Waals surface area contributed by atoms with Crippen LogP contribution in [0.15, 0.2) is 72.8 Å². The molecule has 0 saturated heterocycles. The summed E-state index contributed by atoms with van der Waals surface area (Å²) in [6.45, 7) is 3.48. The molecule has 4 rings (SSSR count). The summed E-state index contributed by atoms with van der Waals surface area (Å²) in [5, 5.41) is 12.0.